The number of carboxylic acids is 2. The first-order chi connectivity index (χ1) is 23.8. The lowest BCUT2D eigenvalue weighted by atomic mass is 9.92. The minimum absolute atomic E-state index is 0.0294. The number of non-ortho nitro benzene ring substituents is 1. The highest BCUT2D eigenvalue weighted by Crippen LogP contribution is 2.24. The number of rotatable bonds is 19. The average molecular weight is 749 g/mol. The van der Waals surface area contributed by atoms with Crippen LogP contribution in [0.5, 0.6) is 0 Å². The van der Waals surface area contributed by atoms with Gasteiger partial charge in [0, 0.05) is 41.4 Å². The Kier molecular flexibility index (Phi) is 16.7. The Balaban J connectivity index is 1.91. The van der Waals surface area contributed by atoms with E-state index in [9.17, 15) is 49.1 Å². The Bertz CT molecular complexity index is 1550. The predicted molar refractivity (Wildman–Crippen MR) is 195 cm³/mol. The lowest BCUT2D eigenvalue weighted by Crippen LogP contribution is -2.53. The second-order valence-corrected chi connectivity index (χ2v) is 15.7. The zero-order chi connectivity index (χ0) is 38.3. The normalized spacial score (nSPS) is 12.9. The van der Waals surface area contributed by atoms with Crippen LogP contribution in [0.25, 0.3) is 0 Å². The van der Waals surface area contributed by atoms with E-state index in [1.807, 2.05) is 34.6 Å². The van der Waals surface area contributed by atoms with Gasteiger partial charge in [0.05, 0.1) is 11.3 Å². The van der Waals surface area contributed by atoms with Crippen LogP contribution in [0, 0.1) is 21.4 Å². The van der Waals surface area contributed by atoms with E-state index in [0.717, 1.165) is 21.6 Å². The summed E-state index contributed by atoms with van der Waals surface area (Å²) in [5.41, 5.74) is 0.887. The second-order valence-electron chi connectivity index (χ2n) is 13.2. The third-order valence-electron chi connectivity index (χ3n) is 6.76. The number of carbonyl (C=O) groups is 6. The number of amides is 5. The summed E-state index contributed by atoms with van der Waals surface area (Å²) in [6.45, 7) is 9.24. The van der Waals surface area contributed by atoms with Crippen LogP contribution in [-0.4, -0.2) is 80.5 Å². The van der Waals surface area contributed by atoms with Crippen molar-refractivity contribution in [2.24, 2.45) is 11.3 Å². The first-order valence-electron chi connectivity index (χ1n) is 15.8. The first kappa shape index (κ1) is 42.3. The van der Waals surface area contributed by atoms with Crippen LogP contribution in [0.15, 0.2) is 48.5 Å². The van der Waals surface area contributed by atoms with Crippen molar-refractivity contribution in [1.29, 1.82) is 0 Å². The number of carbonyl (C=O) groups excluding carboxylic acids is 4. The van der Waals surface area contributed by atoms with E-state index in [4.69, 9.17) is 0 Å². The van der Waals surface area contributed by atoms with Gasteiger partial charge in [0.25, 0.3) is 5.69 Å². The van der Waals surface area contributed by atoms with E-state index < -0.39 is 58.7 Å². The highest BCUT2D eigenvalue weighted by molar-refractivity contribution is 8.76. The van der Waals surface area contributed by atoms with Crippen LogP contribution >= 0.6 is 21.6 Å². The molecule has 0 saturated heterocycles. The molecule has 0 aliphatic carbocycles. The van der Waals surface area contributed by atoms with Crippen LogP contribution in [0.2, 0.25) is 0 Å². The molecule has 0 saturated carbocycles. The Labute approximate surface area is 303 Å². The molecule has 0 aliphatic heterocycles. The second kappa shape index (κ2) is 20.1. The van der Waals surface area contributed by atoms with Crippen molar-refractivity contribution in [3.8, 4) is 0 Å². The van der Waals surface area contributed by atoms with Gasteiger partial charge in [0.15, 0.2) is 0 Å². The molecule has 5 amide bonds. The zero-order valence-electron chi connectivity index (χ0n) is 28.9. The molecule has 2 aromatic carbocycles. The summed E-state index contributed by atoms with van der Waals surface area (Å²) in [5.74, 6) is -4.29. The Morgan fingerprint density at radius 1 is 0.745 bits per heavy atom. The van der Waals surface area contributed by atoms with E-state index in [2.05, 4.69) is 26.6 Å². The molecule has 2 rings (SSSR count). The van der Waals surface area contributed by atoms with Crippen molar-refractivity contribution in [2.75, 3.05) is 22.1 Å². The predicted octanol–water partition coefficient (Wildman–Crippen LogP) is 4.27. The third-order valence-corrected chi connectivity index (χ3v) is 9.18. The minimum Gasteiger partial charge on any atom is -0.480 e. The highest BCUT2D eigenvalue weighted by Gasteiger charge is 2.28. The topological polar surface area (TPSA) is 246 Å². The number of nitro benzene ring substituents is 1. The number of nitrogens with zero attached hydrogens (tertiary/aromatic N) is 1. The molecule has 0 heterocycles. The lowest BCUT2D eigenvalue weighted by molar-refractivity contribution is -0.384. The van der Waals surface area contributed by atoms with Gasteiger partial charge in [-0.15, -0.1) is 0 Å². The van der Waals surface area contributed by atoms with E-state index in [1.165, 1.54) is 24.3 Å². The maximum absolute atomic E-state index is 13.2. The zero-order valence-corrected chi connectivity index (χ0v) is 30.5. The Morgan fingerprint density at radius 3 is 1.67 bits per heavy atom. The van der Waals surface area contributed by atoms with E-state index in [1.54, 1.807) is 24.3 Å². The first-order valence-corrected chi connectivity index (χ1v) is 18.3. The standard InChI is InChI=1S/C33H44N6O10S2/c1-19(2)14-24(29(42)38-26(31(45)46)18-51-50-17-25(30(43)44)37-28(41)16-33(3,4)5)36-27(40)15-20-6-8-21(9-7-20)34-32(47)35-22-10-12-23(13-11-22)39(48)49/h6-13,19,24-26H,14-18H2,1-5H3,(H,36,40)(H,37,41)(H,38,42)(H,43,44)(H,45,46)(H2,34,35,47). The number of anilines is 2. The number of carboxylic acid groups (broad SMARTS) is 2. The van der Waals surface area contributed by atoms with Crippen LogP contribution in [0.3, 0.4) is 0 Å². The van der Waals surface area contributed by atoms with Crippen LogP contribution in [-0.2, 0) is 30.4 Å². The van der Waals surface area contributed by atoms with Gasteiger partial charge in [-0.1, -0.05) is 68.3 Å². The van der Waals surface area contributed by atoms with Crippen LogP contribution in [0.1, 0.15) is 53.0 Å². The summed E-state index contributed by atoms with van der Waals surface area (Å²) >= 11 is 0. The molecule has 3 unspecified atom stereocenters. The van der Waals surface area contributed by atoms with E-state index in [0.29, 0.717) is 16.9 Å². The van der Waals surface area contributed by atoms with E-state index >= 15 is 0 Å². The molecule has 18 heteroatoms. The number of benzene rings is 2. The third kappa shape index (κ3) is 16.6. The van der Waals surface area contributed by atoms with Crippen molar-refractivity contribution < 1.29 is 43.9 Å². The molecule has 278 valence electrons. The maximum Gasteiger partial charge on any atom is 0.327 e. The molecule has 0 aliphatic rings. The molecule has 16 nitrogen and oxygen atoms in total. The highest BCUT2D eigenvalue weighted by atomic mass is 33.1. The molecular formula is C33H44N6O10S2. The van der Waals surface area contributed by atoms with Crippen molar-refractivity contribution in [3.63, 3.8) is 0 Å². The monoisotopic (exact) mass is 748 g/mol. The molecular weight excluding hydrogens is 705 g/mol. The number of hydrogen-bond donors (Lipinski definition) is 7. The fourth-order valence-electron chi connectivity index (χ4n) is 4.38. The van der Waals surface area contributed by atoms with E-state index in [-0.39, 0.29) is 47.8 Å². The van der Waals surface area contributed by atoms with Gasteiger partial charge in [0.1, 0.15) is 18.1 Å². The van der Waals surface area contributed by atoms with Crippen molar-refractivity contribution >= 4 is 74.3 Å². The maximum atomic E-state index is 13.2. The lowest BCUT2D eigenvalue weighted by Gasteiger charge is -2.23. The SMILES string of the molecule is CC(C)CC(NC(=O)Cc1ccc(NC(=O)Nc2ccc([N+](=O)[O-])cc2)cc1)C(=O)NC(CSSCC(NC(=O)CC(C)(C)C)C(=O)O)C(=O)O. The van der Waals surface area contributed by atoms with Gasteiger partial charge in [-0.25, -0.2) is 14.4 Å². The number of nitrogens with one attached hydrogen (secondary N) is 5. The van der Waals surface area contributed by atoms with Crippen molar-refractivity contribution in [2.45, 2.75) is 72.0 Å². The quantitative estimate of drug-likeness (QED) is 0.0461. The average Bonchev–Trinajstić information content (AvgIpc) is 3.01. The van der Waals surface area contributed by atoms with Gasteiger partial charge < -0.3 is 36.8 Å². The van der Waals surface area contributed by atoms with Crippen molar-refractivity contribution in [1.82, 2.24) is 16.0 Å². The largest absolute Gasteiger partial charge is 0.480 e. The van der Waals surface area contributed by atoms with Crippen LogP contribution < -0.4 is 26.6 Å². The summed E-state index contributed by atoms with van der Waals surface area (Å²) in [4.78, 5) is 84.4. The molecule has 3 atom stereocenters. The Morgan fingerprint density at radius 2 is 1.22 bits per heavy atom. The van der Waals surface area contributed by atoms with Crippen LogP contribution in [0.4, 0.5) is 21.9 Å². The van der Waals surface area contributed by atoms with Gasteiger partial charge >= 0.3 is 18.0 Å². The van der Waals surface area contributed by atoms with Gasteiger partial charge in [-0.2, -0.15) is 0 Å². The molecule has 0 spiro atoms. The summed E-state index contributed by atoms with van der Waals surface area (Å²) in [6.07, 6.45) is 0.255. The molecule has 0 radical (unpaired) electrons. The van der Waals surface area contributed by atoms with Crippen molar-refractivity contribution in [3.05, 3.63) is 64.2 Å². The number of aliphatic carboxylic acids is 2. The summed E-state index contributed by atoms with van der Waals surface area (Å²) in [7, 11) is 2.08. The Hall–Kier alpha value is -4.84. The van der Waals surface area contributed by atoms with Gasteiger partial charge in [0.2, 0.25) is 17.7 Å². The number of urea groups is 1. The molecule has 51 heavy (non-hydrogen) atoms. The fourth-order valence-corrected chi connectivity index (χ4v) is 6.69. The molecule has 0 bridgehead atoms. The summed E-state index contributed by atoms with van der Waals surface area (Å²) in [6, 6.07) is 7.54. The molecule has 7 N–H and O–H groups in total. The molecule has 0 aromatic heterocycles. The number of hydrogen-bond acceptors (Lipinski definition) is 10. The number of nitro groups is 1. The van der Waals surface area contributed by atoms with Gasteiger partial charge in [-0.3, -0.25) is 24.5 Å². The summed E-state index contributed by atoms with van der Waals surface area (Å²) in [5, 5.41) is 42.8. The molecule has 2 aromatic rings. The molecule has 0 fully saturated rings. The smallest absolute Gasteiger partial charge is 0.327 e. The fraction of sp³-hybridized carbons (Fsp3) is 0.455. The van der Waals surface area contributed by atoms with Gasteiger partial charge in [-0.05, 0) is 47.6 Å². The minimum atomic E-state index is -1.34. The summed E-state index contributed by atoms with van der Waals surface area (Å²) < 4.78 is 0.